The second kappa shape index (κ2) is 8.18. The Bertz CT molecular complexity index is 474. The molecule has 0 atom stereocenters. The number of aliphatic hydroxyl groups is 1. The predicted octanol–water partition coefficient (Wildman–Crippen LogP) is 3.02. The molecule has 0 saturated carbocycles. The number of benzene rings is 1. The van der Waals surface area contributed by atoms with E-state index in [4.69, 9.17) is 0 Å². The van der Waals surface area contributed by atoms with Crippen LogP contribution in [-0.2, 0) is 6.54 Å². The van der Waals surface area contributed by atoms with Gasteiger partial charge in [-0.1, -0.05) is 6.07 Å². The van der Waals surface area contributed by atoms with Crippen LogP contribution in [0.5, 0.6) is 0 Å². The summed E-state index contributed by atoms with van der Waals surface area (Å²) in [5.74, 6) is 1.87. The van der Waals surface area contributed by atoms with Crippen molar-refractivity contribution in [2.24, 2.45) is 0 Å². The molecule has 3 nitrogen and oxygen atoms in total. The van der Waals surface area contributed by atoms with Crippen molar-refractivity contribution in [2.75, 3.05) is 36.0 Å². The van der Waals surface area contributed by atoms with E-state index in [0.29, 0.717) is 18.8 Å². The van der Waals surface area contributed by atoms with E-state index in [1.165, 1.54) is 0 Å². The van der Waals surface area contributed by atoms with Gasteiger partial charge in [0.15, 0.2) is 0 Å². The fraction of sp³-hybridized carbons (Fsp3) is 0.647. The highest BCUT2D eigenvalue weighted by Crippen LogP contribution is 2.26. The molecule has 124 valence electrons. The summed E-state index contributed by atoms with van der Waals surface area (Å²) >= 11 is 1.90. The van der Waals surface area contributed by atoms with Crippen molar-refractivity contribution in [3.8, 4) is 0 Å². The molecule has 1 aromatic carbocycles. The summed E-state index contributed by atoms with van der Waals surface area (Å²) in [6.07, 6.45) is 1.67. The van der Waals surface area contributed by atoms with E-state index in [9.17, 15) is 9.50 Å². The fourth-order valence-corrected chi connectivity index (χ4v) is 4.10. The maximum Gasteiger partial charge on any atom is 0.146 e. The molecule has 22 heavy (non-hydrogen) atoms. The Morgan fingerprint density at radius 1 is 1.27 bits per heavy atom. The molecule has 5 heteroatoms. The van der Waals surface area contributed by atoms with Gasteiger partial charge in [-0.05, 0) is 55.9 Å². The summed E-state index contributed by atoms with van der Waals surface area (Å²) < 4.78 is 14.2. The van der Waals surface area contributed by atoms with Crippen molar-refractivity contribution in [3.05, 3.63) is 29.6 Å². The summed E-state index contributed by atoms with van der Waals surface area (Å²) in [7, 11) is 0. The average molecular weight is 326 g/mol. The number of anilines is 1. The first-order valence-corrected chi connectivity index (χ1v) is 9.27. The summed E-state index contributed by atoms with van der Waals surface area (Å²) in [5.41, 5.74) is 0.990. The minimum absolute atomic E-state index is 0.171. The van der Waals surface area contributed by atoms with Gasteiger partial charge in [0.25, 0.3) is 0 Å². The zero-order valence-corrected chi connectivity index (χ0v) is 14.4. The highest BCUT2D eigenvalue weighted by Gasteiger charge is 2.28. The van der Waals surface area contributed by atoms with Crippen LogP contribution in [0.1, 0.15) is 32.3 Å². The molecular formula is C17H27FN2OS. The Kier molecular flexibility index (Phi) is 6.53. The van der Waals surface area contributed by atoms with Crippen LogP contribution < -0.4 is 10.2 Å². The van der Waals surface area contributed by atoms with Crippen molar-refractivity contribution in [3.63, 3.8) is 0 Å². The zero-order chi connectivity index (χ0) is 16.0. The molecular weight excluding hydrogens is 299 g/mol. The van der Waals surface area contributed by atoms with Crippen molar-refractivity contribution in [1.82, 2.24) is 5.32 Å². The van der Waals surface area contributed by atoms with Crippen molar-refractivity contribution < 1.29 is 9.50 Å². The van der Waals surface area contributed by atoms with Gasteiger partial charge in [-0.2, -0.15) is 11.8 Å². The average Bonchev–Trinajstić information content (AvgIpc) is 2.51. The smallest absolute Gasteiger partial charge is 0.146 e. The largest absolute Gasteiger partial charge is 0.389 e. The lowest BCUT2D eigenvalue weighted by Crippen LogP contribution is -2.43. The van der Waals surface area contributed by atoms with Crippen LogP contribution in [0.3, 0.4) is 0 Å². The zero-order valence-electron chi connectivity index (χ0n) is 13.6. The second-order valence-electron chi connectivity index (χ2n) is 5.90. The lowest BCUT2D eigenvalue weighted by Gasteiger charge is -2.32. The van der Waals surface area contributed by atoms with Crippen LogP contribution in [-0.4, -0.2) is 41.8 Å². The molecule has 1 aliphatic heterocycles. The molecule has 2 rings (SSSR count). The van der Waals surface area contributed by atoms with Crippen LogP contribution in [0.25, 0.3) is 0 Å². The molecule has 0 aromatic heterocycles. The number of rotatable bonds is 7. The van der Waals surface area contributed by atoms with Crippen LogP contribution in [0, 0.1) is 5.82 Å². The van der Waals surface area contributed by atoms with Gasteiger partial charge in [0.2, 0.25) is 0 Å². The Labute approximate surface area is 137 Å². The number of thioether (sulfide) groups is 1. The predicted molar refractivity (Wildman–Crippen MR) is 93.2 cm³/mol. The molecule has 1 aliphatic rings. The van der Waals surface area contributed by atoms with E-state index in [2.05, 4.69) is 5.32 Å². The Balaban J connectivity index is 1.89. The number of hydrogen-bond acceptors (Lipinski definition) is 4. The van der Waals surface area contributed by atoms with E-state index >= 15 is 0 Å². The molecule has 0 unspecified atom stereocenters. The van der Waals surface area contributed by atoms with Gasteiger partial charge in [-0.3, -0.25) is 0 Å². The van der Waals surface area contributed by atoms with Crippen molar-refractivity contribution >= 4 is 17.4 Å². The second-order valence-corrected chi connectivity index (χ2v) is 7.12. The number of nitrogens with one attached hydrogen (secondary N) is 1. The molecule has 0 aliphatic carbocycles. The van der Waals surface area contributed by atoms with Crippen molar-refractivity contribution in [2.45, 2.75) is 38.8 Å². The highest BCUT2D eigenvalue weighted by atomic mass is 32.2. The van der Waals surface area contributed by atoms with E-state index < -0.39 is 5.60 Å². The first-order chi connectivity index (χ1) is 10.6. The van der Waals surface area contributed by atoms with E-state index in [1.807, 2.05) is 42.6 Å². The van der Waals surface area contributed by atoms with Gasteiger partial charge >= 0.3 is 0 Å². The number of nitrogens with zero attached hydrogens (tertiary/aromatic N) is 1. The van der Waals surface area contributed by atoms with Gasteiger partial charge < -0.3 is 15.3 Å². The molecule has 2 N–H and O–H groups in total. The third-order valence-corrected chi connectivity index (χ3v) is 5.31. The van der Waals surface area contributed by atoms with Crippen molar-refractivity contribution in [1.29, 1.82) is 0 Å². The molecule has 0 amide bonds. The Morgan fingerprint density at radius 3 is 2.55 bits per heavy atom. The number of hydrogen-bond donors (Lipinski definition) is 2. The third kappa shape index (κ3) is 4.61. The molecule has 0 spiro atoms. The molecule has 1 heterocycles. The first-order valence-electron chi connectivity index (χ1n) is 8.12. The van der Waals surface area contributed by atoms with Gasteiger partial charge in [0.1, 0.15) is 5.82 Å². The molecule has 1 aromatic rings. The van der Waals surface area contributed by atoms with Crippen LogP contribution in [0.2, 0.25) is 0 Å². The Morgan fingerprint density at radius 2 is 1.95 bits per heavy atom. The quantitative estimate of drug-likeness (QED) is 0.807. The molecule has 1 fully saturated rings. The van der Waals surface area contributed by atoms with E-state index in [0.717, 1.165) is 43.0 Å². The monoisotopic (exact) mass is 326 g/mol. The SMILES string of the molecule is CCN(CC)c1ccc(CNCC2(O)CCSCC2)cc1F. The molecule has 1 saturated heterocycles. The molecule has 0 radical (unpaired) electrons. The summed E-state index contributed by atoms with van der Waals surface area (Å²) in [6, 6.07) is 5.41. The first kappa shape index (κ1) is 17.6. The van der Waals surface area contributed by atoms with E-state index in [-0.39, 0.29) is 5.82 Å². The fourth-order valence-electron chi connectivity index (χ4n) is 2.85. The lowest BCUT2D eigenvalue weighted by molar-refractivity contribution is 0.0320. The van der Waals surface area contributed by atoms with Gasteiger partial charge in [0.05, 0.1) is 11.3 Å². The van der Waals surface area contributed by atoms with Gasteiger partial charge in [-0.25, -0.2) is 4.39 Å². The van der Waals surface area contributed by atoms with Gasteiger partial charge in [0, 0.05) is 26.2 Å². The molecule has 0 bridgehead atoms. The summed E-state index contributed by atoms with van der Waals surface area (Å²) in [5, 5.41) is 13.7. The standard InChI is InChI=1S/C17H27FN2OS/c1-3-20(4-2)16-6-5-14(11-15(16)18)12-19-13-17(21)7-9-22-10-8-17/h5-6,11,19,21H,3-4,7-10,12-13H2,1-2H3. The maximum atomic E-state index is 14.2. The number of halogens is 1. The van der Waals surface area contributed by atoms with E-state index in [1.54, 1.807) is 6.07 Å². The van der Waals surface area contributed by atoms with Gasteiger partial charge in [-0.15, -0.1) is 0 Å². The lowest BCUT2D eigenvalue weighted by atomic mass is 9.97. The maximum absolute atomic E-state index is 14.2. The summed E-state index contributed by atoms with van der Waals surface area (Å²) in [6.45, 7) is 6.83. The van der Waals surface area contributed by atoms with Crippen LogP contribution in [0.15, 0.2) is 18.2 Å². The minimum atomic E-state index is -0.592. The topological polar surface area (TPSA) is 35.5 Å². The minimum Gasteiger partial charge on any atom is -0.389 e. The Hall–Kier alpha value is -0.780. The van der Waals surface area contributed by atoms with Crippen LogP contribution in [0.4, 0.5) is 10.1 Å². The van der Waals surface area contributed by atoms with Crippen LogP contribution >= 0.6 is 11.8 Å². The summed E-state index contributed by atoms with van der Waals surface area (Å²) in [4.78, 5) is 2.01. The highest BCUT2D eigenvalue weighted by molar-refractivity contribution is 7.99. The third-order valence-electron chi connectivity index (χ3n) is 4.32. The normalized spacial score (nSPS) is 17.5.